The van der Waals surface area contributed by atoms with Crippen molar-refractivity contribution < 1.29 is 14.3 Å². The van der Waals surface area contributed by atoms with Crippen molar-refractivity contribution in [2.45, 2.75) is 38.3 Å². The zero-order valence-electron chi connectivity index (χ0n) is 17.0. The lowest BCUT2D eigenvalue weighted by Gasteiger charge is -2.36. The van der Waals surface area contributed by atoms with Crippen LogP contribution in [0.3, 0.4) is 0 Å². The van der Waals surface area contributed by atoms with Crippen LogP contribution in [0.25, 0.3) is 0 Å². The van der Waals surface area contributed by atoms with E-state index in [4.69, 9.17) is 9.47 Å². The van der Waals surface area contributed by atoms with Crippen molar-refractivity contribution in [3.8, 4) is 5.75 Å². The fourth-order valence-electron chi connectivity index (χ4n) is 4.13. The smallest absolute Gasteiger partial charge is 0.248 e. The predicted octanol–water partition coefficient (Wildman–Crippen LogP) is 2.00. The van der Waals surface area contributed by atoms with Gasteiger partial charge in [-0.15, -0.1) is 0 Å². The topological polar surface area (TPSA) is 77.4 Å². The maximum Gasteiger partial charge on any atom is 0.248 e. The molecule has 0 aliphatic carbocycles. The first-order chi connectivity index (χ1) is 14.2. The molecular weight excluding hydrogens is 368 g/mol. The second kappa shape index (κ2) is 8.97. The van der Waals surface area contributed by atoms with Crippen molar-refractivity contribution in [1.29, 1.82) is 0 Å². The highest BCUT2D eigenvalue weighted by molar-refractivity contribution is 5.84. The zero-order valence-corrected chi connectivity index (χ0v) is 17.0. The molecule has 7 nitrogen and oxygen atoms in total. The first-order valence-corrected chi connectivity index (χ1v) is 10.5. The highest BCUT2D eigenvalue weighted by Gasteiger charge is 2.41. The number of amides is 1. The fourth-order valence-corrected chi connectivity index (χ4v) is 4.13. The van der Waals surface area contributed by atoms with Gasteiger partial charge in [0.2, 0.25) is 5.91 Å². The van der Waals surface area contributed by atoms with E-state index in [1.54, 1.807) is 6.20 Å². The molecule has 0 bridgehead atoms. The molecule has 2 N–H and O–H groups in total. The Balaban J connectivity index is 1.45. The number of hydrogen-bond donors (Lipinski definition) is 2. The molecule has 7 heteroatoms. The number of rotatable bonds is 7. The molecule has 2 aliphatic heterocycles. The van der Waals surface area contributed by atoms with Crippen LogP contribution in [-0.2, 0) is 21.6 Å². The number of ether oxygens (including phenoxy) is 2. The summed E-state index contributed by atoms with van der Waals surface area (Å²) in [6.07, 6.45) is 6.10. The first-order valence-electron chi connectivity index (χ1n) is 10.5. The largest absolute Gasteiger partial charge is 0.493 e. The number of nitrogens with one attached hydrogen (secondary N) is 2. The molecule has 1 aromatic heterocycles. The van der Waals surface area contributed by atoms with Crippen molar-refractivity contribution in [3.05, 3.63) is 47.8 Å². The molecule has 1 aromatic carbocycles. The minimum absolute atomic E-state index is 0.0124. The molecule has 3 heterocycles. The Morgan fingerprint density at radius 1 is 1.41 bits per heavy atom. The molecule has 2 aromatic rings. The third-order valence-corrected chi connectivity index (χ3v) is 5.96. The summed E-state index contributed by atoms with van der Waals surface area (Å²) in [5.41, 5.74) is 1.50. The third kappa shape index (κ3) is 4.46. The zero-order chi connectivity index (χ0) is 20.1. The van der Waals surface area contributed by atoms with Gasteiger partial charge in [0, 0.05) is 37.0 Å². The number of benzene rings is 1. The standard InChI is InChI=1S/C22H30N4O3/c1-17-3-4-19(20(13-17)29-16-18-5-12-28-15-18)14-24-21(27)22(6-9-23-10-7-22)26-11-2-8-25-26/h2-4,8,11,13,18,23H,5-7,9-10,12,14-16H2,1H3,(H,24,27). The molecule has 0 spiro atoms. The SMILES string of the molecule is Cc1ccc(CNC(=O)C2(n3cccn3)CCNCC2)c(OCC2CCOC2)c1. The van der Waals surface area contributed by atoms with Gasteiger partial charge in [0.05, 0.1) is 13.2 Å². The van der Waals surface area contributed by atoms with Gasteiger partial charge in [-0.25, -0.2) is 0 Å². The maximum atomic E-state index is 13.3. The fraction of sp³-hybridized carbons (Fsp3) is 0.545. The molecule has 1 atom stereocenters. The predicted molar refractivity (Wildman–Crippen MR) is 110 cm³/mol. The van der Waals surface area contributed by atoms with Crippen LogP contribution in [0.15, 0.2) is 36.7 Å². The van der Waals surface area contributed by atoms with Crippen LogP contribution in [0.2, 0.25) is 0 Å². The van der Waals surface area contributed by atoms with Gasteiger partial charge < -0.3 is 20.1 Å². The number of piperidine rings is 1. The van der Waals surface area contributed by atoms with Crippen LogP contribution in [0.5, 0.6) is 5.75 Å². The summed E-state index contributed by atoms with van der Waals surface area (Å²) in [6.45, 7) is 6.31. The Morgan fingerprint density at radius 2 is 2.28 bits per heavy atom. The molecule has 2 aliphatic rings. The van der Waals surface area contributed by atoms with Crippen LogP contribution in [0.1, 0.15) is 30.4 Å². The van der Waals surface area contributed by atoms with Crippen LogP contribution < -0.4 is 15.4 Å². The van der Waals surface area contributed by atoms with Crippen molar-refractivity contribution >= 4 is 5.91 Å². The van der Waals surface area contributed by atoms with Gasteiger partial charge in [0.1, 0.15) is 11.3 Å². The lowest BCUT2D eigenvalue weighted by atomic mass is 9.87. The van der Waals surface area contributed by atoms with E-state index in [2.05, 4.69) is 28.7 Å². The van der Waals surface area contributed by atoms with Gasteiger partial charge in [0.15, 0.2) is 0 Å². The third-order valence-electron chi connectivity index (χ3n) is 5.96. The van der Waals surface area contributed by atoms with Gasteiger partial charge >= 0.3 is 0 Å². The van der Waals surface area contributed by atoms with Crippen molar-refractivity contribution in [3.63, 3.8) is 0 Å². The molecule has 2 fully saturated rings. The van der Waals surface area contributed by atoms with E-state index in [0.717, 1.165) is 62.4 Å². The van der Waals surface area contributed by atoms with Gasteiger partial charge in [-0.2, -0.15) is 5.10 Å². The summed E-state index contributed by atoms with van der Waals surface area (Å²) in [4.78, 5) is 13.3. The van der Waals surface area contributed by atoms with Crippen LogP contribution in [0.4, 0.5) is 0 Å². The number of carbonyl (C=O) groups excluding carboxylic acids is 1. The van der Waals surface area contributed by atoms with Crippen LogP contribution in [0, 0.1) is 12.8 Å². The van der Waals surface area contributed by atoms with Gasteiger partial charge in [-0.1, -0.05) is 12.1 Å². The lowest BCUT2D eigenvalue weighted by molar-refractivity contribution is -0.132. The van der Waals surface area contributed by atoms with E-state index in [-0.39, 0.29) is 5.91 Å². The number of hydrogen-bond acceptors (Lipinski definition) is 5. The summed E-state index contributed by atoms with van der Waals surface area (Å²) < 4.78 is 13.4. The van der Waals surface area contributed by atoms with Crippen molar-refractivity contribution in [2.24, 2.45) is 5.92 Å². The Kier molecular flexibility index (Phi) is 6.16. The van der Waals surface area contributed by atoms with Gasteiger partial charge in [0.25, 0.3) is 0 Å². The van der Waals surface area contributed by atoms with E-state index >= 15 is 0 Å². The maximum absolute atomic E-state index is 13.3. The lowest BCUT2D eigenvalue weighted by Crippen LogP contribution is -2.54. The number of aromatic nitrogens is 2. The summed E-state index contributed by atoms with van der Waals surface area (Å²) in [5.74, 6) is 1.30. The van der Waals surface area contributed by atoms with Gasteiger partial charge in [-0.3, -0.25) is 9.48 Å². The second-order valence-corrected chi connectivity index (χ2v) is 8.07. The molecule has 156 valence electrons. The first kappa shape index (κ1) is 19.9. The summed E-state index contributed by atoms with van der Waals surface area (Å²) in [7, 11) is 0. The number of aryl methyl sites for hydroxylation is 1. The van der Waals surface area contributed by atoms with Crippen molar-refractivity contribution in [2.75, 3.05) is 32.9 Å². The average molecular weight is 399 g/mol. The van der Waals surface area contributed by atoms with Crippen LogP contribution >= 0.6 is 0 Å². The average Bonchev–Trinajstić information content (AvgIpc) is 3.46. The van der Waals surface area contributed by atoms with E-state index in [9.17, 15) is 4.79 Å². The molecule has 29 heavy (non-hydrogen) atoms. The molecule has 2 saturated heterocycles. The highest BCUT2D eigenvalue weighted by Crippen LogP contribution is 2.28. The monoisotopic (exact) mass is 398 g/mol. The summed E-state index contributed by atoms with van der Waals surface area (Å²) in [5, 5.41) is 10.9. The van der Waals surface area contributed by atoms with Crippen LogP contribution in [-0.4, -0.2) is 48.6 Å². The molecule has 1 unspecified atom stereocenters. The second-order valence-electron chi connectivity index (χ2n) is 8.07. The van der Waals surface area contributed by atoms with E-state index in [1.165, 1.54) is 0 Å². The Bertz CT molecular complexity index is 809. The molecule has 1 amide bonds. The normalized spacial score (nSPS) is 21.1. The van der Waals surface area contributed by atoms with E-state index < -0.39 is 5.54 Å². The van der Waals surface area contributed by atoms with E-state index in [1.807, 2.05) is 29.1 Å². The van der Waals surface area contributed by atoms with Gasteiger partial charge in [-0.05, 0) is 57.0 Å². The molecule has 0 saturated carbocycles. The minimum Gasteiger partial charge on any atom is -0.493 e. The Morgan fingerprint density at radius 3 is 3.00 bits per heavy atom. The highest BCUT2D eigenvalue weighted by atomic mass is 16.5. The molecular formula is C22H30N4O3. The number of nitrogens with zero attached hydrogens (tertiary/aromatic N) is 2. The Hall–Kier alpha value is -2.38. The summed E-state index contributed by atoms with van der Waals surface area (Å²) in [6, 6.07) is 8.01. The molecule has 0 radical (unpaired) electrons. The quantitative estimate of drug-likeness (QED) is 0.746. The summed E-state index contributed by atoms with van der Waals surface area (Å²) >= 11 is 0. The number of carbonyl (C=O) groups is 1. The minimum atomic E-state index is -0.637. The van der Waals surface area contributed by atoms with E-state index in [0.29, 0.717) is 19.1 Å². The molecule has 4 rings (SSSR count). The Labute approximate surface area is 171 Å². The van der Waals surface area contributed by atoms with Crippen molar-refractivity contribution in [1.82, 2.24) is 20.4 Å².